The van der Waals surface area contributed by atoms with Crippen molar-refractivity contribution in [1.82, 2.24) is 9.88 Å². The molecule has 2 atom stereocenters. The maximum Gasteiger partial charge on any atom is 0.343 e. The lowest BCUT2D eigenvalue weighted by Gasteiger charge is -2.36. The van der Waals surface area contributed by atoms with Crippen LogP contribution in [0.3, 0.4) is 0 Å². The summed E-state index contributed by atoms with van der Waals surface area (Å²) in [5.74, 6) is -5.16. The topological polar surface area (TPSA) is 116 Å². The predicted molar refractivity (Wildman–Crippen MR) is 204 cm³/mol. The SMILES string of the molecule is COC(=O)C1(OCc2ccccc2)C=CC=CC1c1c(F)c(Oc2cccc(C3=NCCN3C)c2)nc(Oc2cc(C#N)ccc2OCc2ccccc2)c1F. The van der Waals surface area contributed by atoms with E-state index in [0.717, 1.165) is 23.5 Å². The van der Waals surface area contributed by atoms with Crippen molar-refractivity contribution in [3.05, 3.63) is 167 Å². The molecule has 56 heavy (non-hydrogen) atoms. The summed E-state index contributed by atoms with van der Waals surface area (Å²) < 4.78 is 64.0. The summed E-state index contributed by atoms with van der Waals surface area (Å²) in [4.78, 5) is 24.5. The summed E-state index contributed by atoms with van der Waals surface area (Å²) >= 11 is 0. The van der Waals surface area contributed by atoms with Crippen molar-refractivity contribution >= 4 is 11.8 Å². The molecule has 2 unspecified atom stereocenters. The predicted octanol–water partition coefficient (Wildman–Crippen LogP) is 8.43. The van der Waals surface area contributed by atoms with Crippen LogP contribution in [0.4, 0.5) is 8.78 Å². The number of nitrogens with zero attached hydrogens (tertiary/aromatic N) is 4. The van der Waals surface area contributed by atoms with Gasteiger partial charge in [0.15, 0.2) is 28.7 Å². The van der Waals surface area contributed by atoms with Crippen molar-refractivity contribution < 1.29 is 37.3 Å². The smallest absolute Gasteiger partial charge is 0.343 e. The molecule has 2 aliphatic rings. The van der Waals surface area contributed by atoms with E-state index in [1.165, 1.54) is 37.5 Å². The minimum absolute atomic E-state index is 0.0715. The van der Waals surface area contributed by atoms with Gasteiger partial charge in [-0.2, -0.15) is 10.2 Å². The van der Waals surface area contributed by atoms with Crippen LogP contribution in [0.5, 0.6) is 29.0 Å². The molecule has 0 spiro atoms. The first-order valence-corrected chi connectivity index (χ1v) is 17.7. The largest absolute Gasteiger partial charge is 0.485 e. The number of rotatable bonds is 13. The van der Waals surface area contributed by atoms with Crippen molar-refractivity contribution in [3.8, 4) is 35.1 Å². The lowest BCUT2D eigenvalue weighted by atomic mass is 9.78. The molecular weight excluding hydrogens is 719 g/mol. The molecule has 0 amide bonds. The normalized spacial score (nSPS) is 17.2. The zero-order valence-corrected chi connectivity index (χ0v) is 30.5. The van der Waals surface area contributed by atoms with Gasteiger partial charge in [-0.05, 0) is 41.5 Å². The molecule has 1 aliphatic carbocycles. The molecule has 2 heterocycles. The van der Waals surface area contributed by atoms with Crippen LogP contribution in [0.15, 0.2) is 132 Å². The Labute approximate surface area is 322 Å². The Kier molecular flexibility index (Phi) is 11.2. The number of benzene rings is 4. The second-order valence-corrected chi connectivity index (χ2v) is 13.0. The van der Waals surface area contributed by atoms with E-state index in [1.807, 2.05) is 60.5 Å². The van der Waals surface area contributed by atoms with E-state index in [4.69, 9.17) is 23.7 Å². The molecule has 282 valence electrons. The molecule has 0 N–H and O–H groups in total. The number of carbonyl (C=O) groups is 1. The number of aliphatic imine (C=N–C) groups is 1. The number of amidine groups is 1. The third kappa shape index (κ3) is 7.85. The average Bonchev–Trinajstić information content (AvgIpc) is 3.68. The summed E-state index contributed by atoms with van der Waals surface area (Å²) in [6, 6.07) is 31.6. The van der Waals surface area contributed by atoms with Gasteiger partial charge in [0.05, 0.1) is 37.8 Å². The zero-order chi connectivity index (χ0) is 39.1. The standard InChI is InChI=1S/C44H36F2N4O6/c1-50-23-22-48-40(50)32-16-11-17-33(25-32)55-41-38(45)37(34-18-9-10-21-44(34,43(51)52-2)54-28-30-14-7-4-8-15-30)39(46)42(49-41)56-36-24-31(26-47)19-20-35(36)53-27-29-12-5-3-6-13-29/h3-21,24-25,34H,22-23,27-28H2,1-2H3. The zero-order valence-electron chi connectivity index (χ0n) is 30.5. The Balaban J connectivity index is 1.35. The highest BCUT2D eigenvalue weighted by Crippen LogP contribution is 2.46. The van der Waals surface area contributed by atoms with Gasteiger partial charge >= 0.3 is 5.97 Å². The molecule has 0 radical (unpaired) electrons. The van der Waals surface area contributed by atoms with Crippen molar-refractivity contribution in [2.45, 2.75) is 24.7 Å². The summed E-state index contributed by atoms with van der Waals surface area (Å²) in [5, 5.41) is 9.73. The number of likely N-dealkylation sites (N-methyl/N-ethyl adjacent to an activating group) is 1. The van der Waals surface area contributed by atoms with Gasteiger partial charge in [0, 0.05) is 30.8 Å². The highest BCUT2D eigenvalue weighted by Gasteiger charge is 2.50. The van der Waals surface area contributed by atoms with Gasteiger partial charge in [-0.25, -0.2) is 13.6 Å². The number of aromatic nitrogens is 1. The number of esters is 1. The second kappa shape index (κ2) is 16.7. The maximum atomic E-state index is 17.2. The second-order valence-electron chi connectivity index (χ2n) is 13.0. The van der Waals surface area contributed by atoms with Crippen LogP contribution >= 0.6 is 0 Å². The van der Waals surface area contributed by atoms with E-state index >= 15 is 8.78 Å². The number of nitriles is 1. The Morgan fingerprint density at radius 1 is 0.875 bits per heavy atom. The minimum atomic E-state index is -2.04. The fourth-order valence-corrected chi connectivity index (χ4v) is 6.46. The van der Waals surface area contributed by atoms with Gasteiger partial charge < -0.3 is 28.6 Å². The van der Waals surface area contributed by atoms with Gasteiger partial charge in [-0.15, -0.1) is 0 Å². The van der Waals surface area contributed by atoms with Crippen LogP contribution in [0.1, 0.15) is 33.7 Å². The van der Waals surface area contributed by atoms with Crippen molar-refractivity contribution in [3.63, 3.8) is 0 Å². The quantitative estimate of drug-likeness (QED) is 0.109. The minimum Gasteiger partial charge on any atom is -0.485 e. The van der Waals surface area contributed by atoms with Gasteiger partial charge in [-0.3, -0.25) is 4.99 Å². The molecule has 0 saturated heterocycles. The summed E-state index contributed by atoms with van der Waals surface area (Å²) in [6.45, 7) is 1.38. The first-order valence-electron chi connectivity index (χ1n) is 17.7. The number of hydrogen-bond donors (Lipinski definition) is 0. The third-order valence-electron chi connectivity index (χ3n) is 9.29. The monoisotopic (exact) mass is 754 g/mol. The number of pyridine rings is 1. The molecule has 0 bridgehead atoms. The van der Waals surface area contributed by atoms with Crippen LogP contribution in [0, 0.1) is 23.0 Å². The highest BCUT2D eigenvalue weighted by molar-refractivity contribution is 5.99. The Bertz CT molecular complexity index is 2360. The Hall–Kier alpha value is -6.84. The number of halogens is 2. The van der Waals surface area contributed by atoms with Crippen LogP contribution < -0.4 is 14.2 Å². The lowest BCUT2D eigenvalue weighted by molar-refractivity contribution is -0.166. The molecule has 1 aliphatic heterocycles. The fourth-order valence-electron chi connectivity index (χ4n) is 6.46. The Morgan fingerprint density at radius 3 is 2.27 bits per heavy atom. The van der Waals surface area contributed by atoms with E-state index in [2.05, 4.69) is 9.98 Å². The van der Waals surface area contributed by atoms with Gasteiger partial charge in [0.1, 0.15) is 18.2 Å². The first-order chi connectivity index (χ1) is 27.3. The molecule has 0 saturated carbocycles. The van der Waals surface area contributed by atoms with Crippen molar-refractivity contribution in [1.29, 1.82) is 5.26 Å². The third-order valence-corrected chi connectivity index (χ3v) is 9.29. The van der Waals surface area contributed by atoms with Crippen LogP contribution in [0.25, 0.3) is 0 Å². The summed E-state index contributed by atoms with van der Waals surface area (Å²) in [5.41, 5.74) is -0.220. The molecule has 1 aromatic heterocycles. The first kappa shape index (κ1) is 37.5. The van der Waals surface area contributed by atoms with Crippen molar-refractivity contribution in [2.24, 2.45) is 4.99 Å². The van der Waals surface area contributed by atoms with Gasteiger partial charge in [0.2, 0.25) is 0 Å². The molecule has 5 aromatic rings. The molecule has 7 rings (SSSR count). The summed E-state index contributed by atoms with van der Waals surface area (Å²) in [6.07, 6.45) is 5.94. The number of allylic oxidation sites excluding steroid dienone is 2. The molecule has 0 fully saturated rings. The highest BCUT2D eigenvalue weighted by atomic mass is 19.1. The van der Waals surface area contributed by atoms with E-state index in [-0.39, 0.29) is 36.0 Å². The van der Waals surface area contributed by atoms with Crippen LogP contribution in [-0.2, 0) is 27.5 Å². The van der Waals surface area contributed by atoms with E-state index in [9.17, 15) is 10.1 Å². The number of methoxy groups -OCH3 is 1. The lowest BCUT2D eigenvalue weighted by Crippen LogP contribution is -2.47. The Morgan fingerprint density at radius 2 is 1.59 bits per heavy atom. The number of hydrogen-bond acceptors (Lipinski definition) is 10. The molecule has 12 heteroatoms. The van der Waals surface area contributed by atoms with Crippen molar-refractivity contribution in [2.75, 3.05) is 27.2 Å². The van der Waals surface area contributed by atoms with Crippen LogP contribution in [0.2, 0.25) is 0 Å². The van der Waals surface area contributed by atoms with E-state index < -0.39 is 46.4 Å². The maximum absolute atomic E-state index is 17.2. The summed E-state index contributed by atoms with van der Waals surface area (Å²) in [7, 11) is 3.08. The molecule has 4 aromatic carbocycles. The van der Waals surface area contributed by atoms with Gasteiger partial charge in [-0.1, -0.05) is 91.0 Å². The van der Waals surface area contributed by atoms with E-state index in [1.54, 1.807) is 54.6 Å². The van der Waals surface area contributed by atoms with Crippen LogP contribution in [-0.4, -0.2) is 54.5 Å². The molecular formula is C44H36F2N4O6. The van der Waals surface area contributed by atoms with Gasteiger partial charge in [0.25, 0.3) is 11.8 Å². The number of carbonyl (C=O) groups excluding carboxylic acids is 1. The average molecular weight is 755 g/mol. The van der Waals surface area contributed by atoms with E-state index in [0.29, 0.717) is 12.1 Å². The number of ether oxygens (including phenoxy) is 5. The fraction of sp³-hybridized carbons (Fsp3) is 0.182. The molecule has 10 nitrogen and oxygen atoms in total.